The molecule has 0 unspecified atom stereocenters. The fourth-order valence-corrected chi connectivity index (χ4v) is 2.41. The first-order chi connectivity index (χ1) is 7.50. The van der Waals surface area contributed by atoms with Crippen LogP contribution < -0.4 is 0 Å². The van der Waals surface area contributed by atoms with E-state index in [0.717, 1.165) is 0 Å². The van der Waals surface area contributed by atoms with Crippen molar-refractivity contribution in [2.45, 2.75) is 38.8 Å². The van der Waals surface area contributed by atoms with E-state index in [9.17, 15) is 18.0 Å². The van der Waals surface area contributed by atoms with Crippen LogP contribution in [-0.2, 0) is 11.8 Å². The minimum absolute atomic E-state index is 0.114. The first kappa shape index (κ1) is 14.0. The summed E-state index contributed by atoms with van der Waals surface area (Å²) in [5.74, 6) is -1.24. The SMILES string of the molecule is CC(C)(C)c1nc(CC(F)(F)F)sc1C(=O)O. The fraction of sp³-hybridized carbons (Fsp3) is 0.600. The summed E-state index contributed by atoms with van der Waals surface area (Å²) in [5.41, 5.74) is -0.386. The number of carboxylic acids is 1. The Labute approximate surface area is 100 Å². The van der Waals surface area contributed by atoms with Crippen molar-refractivity contribution in [2.75, 3.05) is 0 Å². The minimum atomic E-state index is -4.37. The maximum absolute atomic E-state index is 12.2. The van der Waals surface area contributed by atoms with Crippen LogP contribution in [0.2, 0.25) is 0 Å². The van der Waals surface area contributed by atoms with Crippen LogP contribution in [0.3, 0.4) is 0 Å². The number of carbonyl (C=O) groups is 1. The molecule has 0 bridgehead atoms. The number of rotatable bonds is 2. The van der Waals surface area contributed by atoms with Crippen molar-refractivity contribution in [2.24, 2.45) is 0 Å². The molecule has 3 nitrogen and oxygen atoms in total. The number of aromatic carboxylic acids is 1. The van der Waals surface area contributed by atoms with Gasteiger partial charge in [-0.1, -0.05) is 20.8 Å². The number of hydrogen-bond acceptors (Lipinski definition) is 3. The first-order valence-corrected chi connectivity index (χ1v) is 5.62. The van der Waals surface area contributed by atoms with Crippen LogP contribution in [0, 0.1) is 0 Å². The molecule has 0 aliphatic rings. The van der Waals surface area contributed by atoms with Crippen LogP contribution in [0.5, 0.6) is 0 Å². The van der Waals surface area contributed by atoms with Gasteiger partial charge in [0.15, 0.2) is 0 Å². The van der Waals surface area contributed by atoms with Gasteiger partial charge in [0.25, 0.3) is 0 Å². The van der Waals surface area contributed by atoms with Gasteiger partial charge in [0.2, 0.25) is 0 Å². The maximum atomic E-state index is 12.2. The standard InChI is InChI=1S/C10H12F3NO2S/c1-9(2,3)7-6(8(15)16)17-5(14-7)4-10(11,12)13/h4H2,1-3H3,(H,15,16). The summed E-state index contributed by atoms with van der Waals surface area (Å²) in [7, 11) is 0. The Balaban J connectivity index is 3.18. The van der Waals surface area contributed by atoms with Crippen molar-refractivity contribution in [3.63, 3.8) is 0 Å². The zero-order chi connectivity index (χ0) is 13.4. The molecule has 17 heavy (non-hydrogen) atoms. The number of carboxylic acid groups (broad SMARTS) is 1. The van der Waals surface area contributed by atoms with Crippen molar-refractivity contribution in [1.29, 1.82) is 0 Å². The monoisotopic (exact) mass is 267 g/mol. The average Bonchev–Trinajstić information content (AvgIpc) is 2.43. The van der Waals surface area contributed by atoms with E-state index in [2.05, 4.69) is 4.98 Å². The number of alkyl halides is 3. The number of nitrogens with zero attached hydrogens (tertiary/aromatic N) is 1. The molecule has 1 aromatic rings. The lowest BCUT2D eigenvalue weighted by atomic mass is 9.91. The molecule has 0 spiro atoms. The minimum Gasteiger partial charge on any atom is -0.477 e. The Morgan fingerprint density at radius 2 is 1.88 bits per heavy atom. The van der Waals surface area contributed by atoms with Gasteiger partial charge in [0.1, 0.15) is 9.88 Å². The molecule has 1 N–H and O–H groups in total. The Hall–Kier alpha value is -1.11. The molecule has 7 heteroatoms. The Bertz CT molecular complexity index is 432. The Kier molecular flexibility index (Phi) is 3.52. The van der Waals surface area contributed by atoms with E-state index >= 15 is 0 Å². The highest BCUT2D eigenvalue weighted by Crippen LogP contribution is 2.32. The van der Waals surface area contributed by atoms with E-state index in [1.165, 1.54) is 0 Å². The van der Waals surface area contributed by atoms with Gasteiger partial charge >= 0.3 is 12.1 Å². The van der Waals surface area contributed by atoms with Crippen molar-refractivity contribution < 1.29 is 23.1 Å². The van der Waals surface area contributed by atoms with Gasteiger partial charge in [0, 0.05) is 5.41 Å². The molecule has 1 heterocycles. The maximum Gasteiger partial charge on any atom is 0.395 e. The third-order valence-electron chi connectivity index (χ3n) is 1.93. The van der Waals surface area contributed by atoms with Crippen LogP contribution in [-0.4, -0.2) is 22.2 Å². The smallest absolute Gasteiger partial charge is 0.395 e. The van der Waals surface area contributed by atoms with Crippen LogP contribution in [0.25, 0.3) is 0 Å². The van der Waals surface area contributed by atoms with Gasteiger partial charge in [-0.2, -0.15) is 13.2 Å². The van der Waals surface area contributed by atoms with Crippen molar-refractivity contribution in [1.82, 2.24) is 4.98 Å². The third-order valence-corrected chi connectivity index (χ3v) is 2.97. The van der Waals surface area contributed by atoms with Crippen molar-refractivity contribution in [3.8, 4) is 0 Å². The number of aromatic nitrogens is 1. The number of thiazole rings is 1. The fourth-order valence-electron chi connectivity index (χ4n) is 1.26. The first-order valence-electron chi connectivity index (χ1n) is 4.81. The molecule has 0 amide bonds. The van der Waals surface area contributed by atoms with Crippen LogP contribution >= 0.6 is 11.3 Å². The molecule has 1 rings (SSSR count). The Morgan fingerprint density at radius 3 is 2.18 bits per heavy atom. The third kappa shape index (κ3) is 3.69. The van der Waals surface area contributed by atoms with Gasteiger partial charge in [-0.25, -0.2) is 9.78 Å². The topological polar surface area (TPSA) is 50.2 Å². The van der Waals surface area contributed by atoms with Gasteiger partial charge < -0.3 is 5.11 Å². The van der Waals surface area contributed by atoms with E-state index in [1.54, 1.807) is 20.8 Å². The zero-order valence-electron chi connectivity index (χ0n) is 9.55. The van der Waals surface area contributed by atoms with Gasteiger partial charge in [-0.15, -0.1) is 11.3 Å². The second-order valence-corrected chi connectivity index (χ2v) is 5.72. The van der Waals surface area contributed by atoms with Crippen LogP contribution in [0.15, 0.2) is 0 Å². The number of hydrogen-bond donors (Lipinski definition) is 1. The summed E-state index contributed by atoms with van der Waals surface area (Å²) in [6, 6.07) is 0. The summed E-state index contributed by atoms with van der Waals surface area (Å²) in [5, 5.41) is 8.72. The van der Waals surface area contributed by atoms with E-state index in [0.29, 0.717) is 11.3 Å². The van der Waals surface area contributed by atoms with E-state index in [-0.39, 0.29) is 15.6 Å². The lowest BCUT2D eigenvalue weighted by Gasteiger charge is -2.16. The van der Waals surface area contributed by atoms with E-state index < -0.39 is 24.0 Å². The van der Waals surface area contributed by atoms with Crippen molar-refractivity contribution >= 4 is 17.3 Å². The van der Waals surface area contributed by atoms with Gasteiger partial charge in [0.05, 0.1) is 12.1 Å². The molecule has 0 aromatic carbocycles. The van der Waals surface area contributed by atoms with Gasteiger partial charge in [-0.3, -0.25) is 0 Å². The zero-order valence-corrected chi connectivity index (χ0v) is 10.4. The molecule has 0 radical (unpaired) electrons. The molecular weight excluding hydrogens is 255 g/mol. The van der Waals surface area contributed by atoms with Crippen LogP contribution in [0.4, 0.5) is 13.2 Å². The van der Waals surface area contributed by atoms with E-state index in [1.807, 2.05) is 0 Å². The molecule has 0 aliphatic heterocycles. The molecule has 0 saturated heterocycles. The second kappa shape index (κ2) is 4.29. The summed E-state index contributed by atoms with van der Waals surface area (Å²) in [6.45, 7) is 5.14. The molecule has 1 aromatic heterocycles. The van der Waals surface area contributed by atoms with Crippen molar-refractivity contribution in [3.05, 3.63) is 15.6 Å². The predicted octanol–water partition coefficient (Wildman–Crippen LogP) is 3.24. The van der Waals surface area contributed by atoms with Gasteiger partial charge in [-0.05, 0) is 0 Å². The average molecular weight is 267 g/mol. The second-order valence-electron chi connectivity index (χ2n) is 4.63. The molecule has 0 atom stereocenters. The summed E-state index contributed by atoms with van der Waals surface area (Å²) < 4.78 is 36.6. The summed E-state index contributed by atoms with van der Waals surface area (Å²) in [6.07, 6.45) is -5.56. The molecule has 0 fully saturated rings. The normalized spacial score (nSPS) is 12.8. The van der Waals surface area contributed by atoms with Crippen LogP contribution in [0.1, 0.15) is 41.1 Å². The lowest BCUT2D eigenvalue weighted by molar-refractivity contribution is -0.127. The molecule has 96 valence electrons. The lowest BCUT2D eigenvalue weighted by Crippen LogP contribution is -2.16. The quantitative estimate of drug-likeness (QED) is 0.894. The predicted molar refractivity (Wildman–Crippen MR) is 57.5 cm³/mol. The highest BCUT2D eigenvalue weighted by atomic mass is 32.1. The highest BCUT2D eigenvalue weighted by molar-refractivity contribution is 7.13. The summed E-state index contributed by atoms with van der Waals surface area (Å²) >= 11 is 0.591. The van der Waals surface area contributed by atoms with E-state index in [4.69, 9.17) is 5.11 Å². The Morgan fingerprint density at radius 1 is 1.35 bits per heavy atom. The molecule has 0 aliphatic carbocycles. The largest absolute Gasteiger partial charge is 0.477 e. The molecular formula is C10H12F3NO2S. The molecule has 0 saturated carbocycles. The summed E-state index contributed by atoms with van der Waals surface area (Å²) in [4.78, 5) is 14.6. The highest BCUT2D eigenvalue weighted by Gasteiger charge is 2.33. The number of halogens is 3.